The van der Waals surface area contributed by atoms with Gasteiger partial charge in [0.2, 0.25) is 0 Å². The Morgan fingerprint density at radius 3 is 2.78 bits per heavy atom. The number of ketones is 1. The van der Waals surface area contributed by atoms with E-state index >= 15 is 0 Å². The summed E-state index contributed by atoms with van der Waals surface area (Å²) < 4.78 is 0. The second-order valence-corrected chi connectivity index (χ2v) is 6.14. The smallest absolute Gasteiger partial charge is 0.137 e. The van der Waals surface area contributed by atoms with E-state index in [1.165, 1.54) is 25.7 Å². The van der Waals surface area contributed by atoms with Crippen LogP contribution in [-0.2, 0) is 4.79 Å². The van der Waals surface area contributed by atoms with Gasteiger partial charge in [0, 0.05) is 24.9 Å². The van der Waals surface area contributed by atoms with Crippen LogP contribution in [0.25, 0.3) is 0 Å². The lowest BCUT2D eigenvalue weighted by Crippen LogP contribution is -2.40. The Balaban J connectivity index is 1.94. The van der Waals surface area contributed by atoms with E-state index in [4.69, 9.17) is 0 Å². The zero-order valence-corrected chi connectivity index (χ0v) is 11.6. The third-order valence-corrected chi connectivity index (χ3v) is 4.50. The molecule has 0 radical (unpaired) electrons. The predicted molar refractivity (Wildman–Crippen MR) is 72.5 cm³/mol. The maximum absolute atomic E-state index is 11.8. The summed E-state index contributed by atoms with van der Waals surface area (Å²) in [6.07, 6.45) is 8.59. The van der Waals surface area contributed by atoms with Crippen molar-refractivity contribution in [3.8, 4) is 0 Å². The molecule has 3 unspecified atom stereocenters. The first-order valence-electron chi connectivity index (χ1n) is 7.61. The lowest BCUT2D eigenvalue weighted by Gasteiger charge is -2.32. The molecule has 1 aliphatic heterocycles. The van der Waals surface area contributed by atoms with Gasteiger partial charge in [-0.05, 0) is 45.6 Å². The average Bonchev–Trinajstić information content (AvgIpc) is 2.58. The average molecular weight is 253 g/mol. The highest BCUT2D eigenvalue weighted by Gasteiger charge is 2.30. The number of hydrogen-bond donors (Lipinski definition) is 1. The van der Waals surface area contributed by atoms with Crippen molar-refractivity contribution >= 4 is 5.78 Å². The van der Waals surface area contributed by atoms with Crippen molar-refractivity contribution in [1.82, 2.24) is 4.90 Å². The molecular weight excluding hydrogens is 226 g/mol. The van der Waals surface area contributed by atoms with E-state index in [1.807, 2.05) is 6.92 Å². The van der Waals surface area contributed by atoms with E-state index in [9.17, 15) is 9.90 Å². The molecule has 0 bridgehead atoms. The highest BCUT2D eigenvalue weighted by atomic mass is 16.3. The van der Waals surface area contributed by atoms with Gasteiger partial charge in [0.15, 0.2) is 0 Å². The predicted octanol–water partition coefficient (Wildman–Crippen LogP) is 2.37. The number of rotatable bonds is 4. The maximum Gasteiger partial charge on any atom is 0.137 e. The van der Waals surface area contributed by atoms with Crippen molar-refractivity contribution in [1.29, 1.82) is 0 Å². The van der Waals surface area contributed by atoms with Crippen LogP contribution in [-0.4, -0.2) is 41.0 Å². The summed E-state index contributed by atoms with van der Waals surface area (Å²) in [4.78, 5) is 14.3. The Morgan fingerprint density at radius 2 is 2.11 bits per heavy atom. The highest BCUT2D eigenvalue weighted by molar-refractivity contribution is 5.83. The molecule has 104 valence electrons. The standard InChI is InChI=1S/C15H27NO2/c1-12(17)10-14-7-3-2-4-9-16(14)11-13-6-5-8-15(13)18/h12-14,17H,2-11H2,1H3. The van der Waals surface area contributed by atoms with Gasteiger partial charge in [-0.25, -0.2) is 0 Å². The van der Waals surface area contributed by atoms with E-state index < -0.39 is 0 Å². The first-order valence-corrected chi connectivity index (χ1v) is 7.61. The second-order valence-electron chi connectivity index (χ2n) is 6.14. The van der Waals surface area contributed by atoms with Crippen LogP contribution in [0.3, 0.4) is 0 Å². The molecule has 1 saturated heterocycles. The van der Waals surface area contributed by atoms with Crippen LogP contribution in [0.15, 0.2) is 0 Å². The van der Waals surface area contributed by atoms with E-state index in [0.29, 0.717) is 11.8 Å². The van der Waals surface area contributed by atoms with Crippen molar-refractivity contribution in [3.05, 3.63) is 0 Å². The molecule has 2 aliphatic rings. The van der Waals surface area contributed by atoms with Crippen molar-refractivity contribution < 1.29 is 9.90 Å². The molecule has 0 aromatic carbocycles. The summed E-state index contributed by atoms with van der Waals surface area (Å²) in [5, 5.41) is 9.63. The molecular formula is C15H27NO2. The Bertz CT molecular complexity index is 278. The number of Topliss-reactive ketones (excluding diaryl/α,β-unsaturated/α-hetero) is 1. The summed E-state index contributed by atoms with van der Waals surface area (Å²) >= 11 is 0. The van der Waals surface area contributed by atoms with Gasteiger partial charge in [-0.3, -0.25) is 9.69 Å². The normalized spacial score (nSPS) is 32.4. The van der Waals surface area contributed by atoms with Crippen LogP contribution in [0, 0.1) is 5.92 Å². The lowest BCUT2D eigenvalue weighted by atomic mass is 10.0. The molecule has 18 heavy (non-hydrogen) atoms. The van der Waals surface area contributed by atoms with Crippen molar-refractivity contribution in [2.24, 2.45) is 5.92 Å². The topological polar surface area (TPSA) is 40.5 Å². The van der Waals surface area contributed by atoms with Crippen LogP contribution < -0.4 is 0 Å². The largest absolute Gasteiger partial charge is 0.393 e. The second kappa shape index (κ2) is 6.67. The third kappa shape index (κ3) is 3.79. The molecule has 1 N–H and O–H groups in total. The maximum atomic E-state index is 11.8. The third-order valence-electron chi connectivity index (χ3n) is 4.50. The van der Waals surface area contributed by atoms with Gasteiger partial charge in [-0.1, -0.05) is 12.8 Å². The summed E-state index contributed by atoms with van der Waals surface area (Å²) in [5.41, 5.74) is 0. The van der Waals surface area contributed by atoms with E-state index in [0.717, 1.165) is 38.8 Å². The van der Waals surface area contributed by atoms with Gasteiger partial charge in [0.05, 0.1) is 6.10 Å². The SMILES string of the molecule is CC(O)CC1CCCCCN1CC1CCCC1=O. The Morgan fingerprint density at radius 1 is 1.28 bits per heavy atom. The van der Waals surface area contributed by atoms with Crippen LogP contribution in [0.4, 0.5) is 0 Å². The Labute approximate surface area is 111 Å². The number of aliphatic hydroxyl groups excluding tert-OH is 1. The molecule has 1 aliphatic carbocycles. The van der Waals surface area contributed by atoms with Gasteiger partial charge in [-0.15, -0.1) is 0 Å². The van der Waals surface area contributed by atoms with Gasteiger partial charge in [-0.2, -0.15) is 0 Å². The van der Waals surface area contributed by atoms with Crippen LogP contribution >= 0.6 is 0 Å². The molecule has 1 heterocycles. The Kier molecular flexibility index (Phi) is 5.19. The molecule has 3 heteroatoms. The molecule has 3 atom stereocenters. The minimum atomic E-state index is -0.227. The molecule has 1 saturated carbocycles. The Hall–Kier alpha value is -0.410. The number of hydrogen-bond acceptors (Lipinski definition) is 3. The fraction of sp³-hybridized carbons (Fsp3) is 0.933. The summed E-state index contributed by atoms with van der Waals surface area (Å²) in [6.45, 7) is 3.93. The summed E-state index contributed by atoms with van der Waals surface area (Å²) in [7, 11) is 0. The van der Waals surface area contributed by atoms with Crippen molar-refractivity contribution in [2.75, 3.05) is 13.1 Å². The van der Waals surface area contributed by atoms with E-state index in [2.05, 4.69) is 4.90 Å². The van der Waals surface area contributed by atoms with Crippen molar-refractivity contribution in [2.45, 2.75) is 70.4 Å². The first kappa shape index (κ1) is 14.0. The molecule has 0 amide bonds. The summed E-state index contributed by atoms with van der Waals surface area (Å²) in [5.74, 6) is 0.745. The molecule has 2 rings (SSSR count). The fourth-order valence-corrected chi connectivity index (χ4v) is 3.50. The first-order chi connectivity index (χ1) is 8.66. The number of likely N-dealkylation sites (tertiary alicyclic amines) is 1. The molecule has 0 aromatic heterocycles. The molecule has 0 spiro atoms. The van der Waals surface area contributed by atoms with Crippen LogP contribution in [0.2, 0.25) is 0 Å². The summed E-state index contributed by atoms with van der Waals surface area (Å²) in [6, 6.07) is 0.487. The molecule has 3 nitrogen and oxygen atoms in total. The number of nitrogens with zero attached hydrogens (tertiary/aromatic N) is 1. The number of carbonyl (C=O) groups is 1. The number of aliphatic hydroxyl groups is 1. The zero-order valence-electron chi connectivity index (χ0n) is 11.6. The quantitative estimate of drug-likeness (QED) is 0.836. The zero-order chi connectivity index (χ0) is 13.0. The van der Waals surface area contributed by atoms with Crippen molar-refractivity contribution in [3.63, 3.8) is 0 Å². The lowest BCUT2D eigenvalue weighted by molar-refractivity contribution is -0.121. The van der Waals surface area contributed by atoms with Crippen LogP contribution in [0.5, 0.6) is 0 Å². The molecule has 0 aromatic rings. The number of carbonyl (C=O) groups excluding carboxylic acids is 1. The molecule has 2 fully saturated rings. The van der Waals surface area contributed by atoms with Gasteiger partial charge < -0.3 is 5.11 Å². The highest BCUT2D eigenvalue weighted by Crippen LogP contribution is 2.27. The van der Waals surface area contributed by atoms with Gasteiger partial charge in [0.1, 0.15) is 5.78 Å². The minimum Gasteiger partial charge on any atom is -0.393 e. The van der Waals surface area contributed by atoms with E-state index in [-0.39, 0.29) is 12.0 Å². The van der Waals surface area contributed by atoms with E-state index in [1.54, 1.807) is 0 Å². The van der Waals surface area contributed by atoms with Gasteiger partial charge in [0.25, 0.3) is 0 Å². The van der Waals surface area contributed by atoms with Crippen LogP contribution in [0.1, 0.15) is 58.3 Å². The van der Waals surface area contributed by atoms with Gasteiger partial charge >= 0.3 is 0 Å². The minimum absolute atomic E-state index is 0.227. The monoisotopic (exact) mass is 253 g/mol. The fourth-order valence-electron chi connectivity index (χ4n) is 3.50.